The van der Waals surface area contributed by atoms with E-state index in [-0.39, 0.29) is 18.2 Å². The van der Waals surface area contributed by atoms with Crippen LogP contribution in [0.15, 0.2) is 57.9 Å². The molecule has 0 radical (unpaired) electrons. The Bertz CT molecular complexity index is 718. The molecule has 1 atom stereocenters. The van der Waals surface area contributed by atoms with Gasteiger partial charge < -0.3 is 0 Å². The Kier molecular flexibility index (Phi) is 4.57. The molecule has 1 aliphatic heterocycles. The average molecular weight is 397 g/mol. The Hall–Kier alpha value is -1.30. The van der Waals surface area contributed by atoms with Crippen molar-refractivity contribution in [1.82, 2.24) is 0 Å². The van der Waals surface area contributed by atoms with E-state index in [0.29, 0.717) is 10.7 Å². The Morgan fingerprint density at radius 2 is 1.68 bits per heavy atom. The van der Waals surface area contributed by atoms with Crippen molar-refractivity contribution < 1.29 is 9.59 Å². The van der Waals surface area contributed by atoms with Crippen molar-refractivity contribution in [1.29, 1.82) is 0 Å². The normalized spacial score (nSPS) is 18.1. The summed E-state index contributed by atoms with van der Waals surface area (Å²) < 4.78 is 0.905. The molecule has 2 amide bonds. The van der Waals surface area contributed by atoms with Gasteiger partial charge in [0.15, 0.2) is 0 Å². The molecule has 0 saturated carbocycles. The van der Waals surface area contributed by atoms with Crippen molar-refractivity contribution in [3.05, 3.63) is 58.0 Å². The first kappa shape index (κ1) is 15.6. The maximum Gasteiger partial charge on any atom is 0.247 e. The van der Waals surface area contributed by atoms with Gasteiger partial charge in [0.25, 0.3) is 0 Å². The first-order valence-electron chi connectivity index (χ1n) is 6.59. The molecule has 1 saturated heterocycles. The predicted octanol–water partition coefficient (Wildman–Crippen LogP) is 4.53. The molecule has 2 aromatic rings. The zero-order chi connectivity index (χ0) is 15.7. The average Bonchev–Trinajstić information content (AvgIpc) is 2.77. The largest absolute Gasteiger partial charge is 0.274 e. The molecule has 1 unspecified atom stereocenters. The first-order chi connectivity index (χ1) is 10.5. The number of amides is 2. The predicted molar refractivity (Wildman–Crippen MR) is 92.3 cm³/mol. The van der Waals surface area contributed by atoms with Gasteiger partial charge in [-0.2, -0.15) is 0 Å². The highest BCUT2D eigenvalue weighted by molar-refractivity contribution is 9.10. The van der Waals surface area contributed by atoms with Crippen LogP contribution in [0, 0.1) is 0 Å². The minimum absolute atomic E-state index is 0.168. The van der Waals surface area contributed by atoms with Crippen molar-refractivity contribution in [3.8, 4) is 0 Å². The second-order valence-electron chi connectivity index (χ2n) is 4.81. The standard InChI is InChI=1S/C16H11BrClNO2S/c17-10-1-5-12(6-2-10)19-15(20)9-14(16(19)21)22-13-7-3-11(18)4-8-13/h1-8,14H,9H2. The summed E-state index contributed by atoms with van der Waals surface area (Å²) in [5.74, 6) is -0.342. The summed E-state index contributed by atoms with van der Waals surface area (Å²) in [7, 11) is 0. The number of imide groups is 1. The van der Waals surface area contributed by atoms with Gasteiger partial charge in [-0.15, -0.1) is 11.8 Å². The number of benzene rings is 2. The molecule has 0 aromatic heterocycles. The zero-order valence-electron chi connectivity index (χ0n) is 11.3. The molecule has 2 aromatic carbocycles. The minimum Gasteiger partial charge on any atom is -0.274 e. The maximum absolute atomic E-state index is 12.5. The Labute approximate surface area is 145 Å². The molecule has 0 bridgehead atoms. The van der Waals surface area contributed by atoms with Crippen LogP contribution in [0.4, 0.5) is 5.69 Å². The van der Waals surface area contributed by atoms with Crippen molar-refractivity contribution in [2.24, 2.45) is 0 Å². The summed E-state index contributed by atoms with van der Waals surface area (Å²) in [6.45, 7) is 0. The van der Waals surface area contributed by atoms with Crippen LogP contribution < -0.4 is 4.90 Å². The highest BCUT2D eigenvalue weighted by Gasteiger charge is 2.40. The van der Waals surface area contributed by atoms with Crippen molar-refractivity contribution >= 4 is 56.8 Å². The van der Waals surface area contributed by atoms with E-state index in [1.54, 1.807) is 24.3 Å². The lowest BCUT2D eigenvalue weighted by Crippen LogP contribution is -2.31. The molecule has 0 spiro atoms. The number of hydrogen-bond donors (Lipinski definition) is 0. The fourth-order valence-electron chi connectivity index (χ4n) is 2.23. The molecule has 1 fully saturated rings. The molecule has 1 heterocycles. The van der Waals surface area contributed by atoms with Gasteiger partial charge in [-0.1, -0.05) is 27.5 Å². The Balaban J connectivity index is 1.79. The molecular weight excluding hydrogens is 386 g/mol. The second kappa shape index (κ2) is 6.44. The van der Waals surface area contributed by atoms with Gasteiger partial charge in [0.1, 0.15) is 0 Å². The zero-order valence-corrected chi connectivity index (χ0v) is 14.5. The number of hydrogen-bond acceptors (Lipinski definition) is 3. The van der Waals surface area contributed by atoms with Gasteiger partial charge in [0, 0.05) is 20.8 Å². The quantitative estimate of drug-likeness (QED) is 0.716. The third kappa shape index (κ3) is 3.21. The topological polar surface area (TPSA) is 37.4 Å². The van der Waals surface area contributed by atoms with Crippen LogP contribution in [-0.2, 0) is 9.59 Å². The summed E-state index contributed by atoms with van der Waals surface area (Å²) in [5.41, 5.74) is 0.609. The van der Waals surface area contributed by atoms with Crippen LogP contribution in [0.3, 0.4) is 0 Å². The molecule has 112 valence electrons. The van der Waals surface area contributed by atoms with E-state index < -0.39 is 5.25 Å². The van der Waals surface area contributed by atoms with Gasteiger partial charge in [-0.25, -0.2) is 4.90 Å². The molecule has 6 heteroatoms. The van der Waals surface area contributed by atoms with Gasteiger partial charge >= 0.3 is 0 Å². The van der Waals surface area contributed by atoms with E-state index in [2.05, 4.69) is 15.9 Å². The van der Waals surface area contributed by atoms with Gasteiger partial charge in [0.2, 0.25) is 11.8 Å². The molecule has 0 N–H and O–H groups in total. The summed E-state index contributed by atoms with van der Waals surface area (Å²) in [6.07, 6.45) is 0.211. The monoisotopic (exact) mass is 395 g/mol. The van der Waals surface area contributed by atoms with Crippen LogP contribution in [0.25, 0.3) is 0 Å². The summed E-state index contributed by atoms with van der Waals surface area (Å²) in [6, 6.07) is 14.4. The van der Waals surface area contributed by atoms with Crippen LogP contribution in [0.1, 0.15) is 6.42 Å². The number of rotatable bonds is 3. The van der Waals surface area contributed by atoms with Crippen molar-refractivity contribution in [2.75, 3.05) is 4.90 Å². The van der Waals surface area contributed by atoms with E-state index in [1.165, 1.54) is 16.7 Å². The van der Waals surface area contributed by atoms with Crippen LogP contribution in [-0.4, -0.2) is 17.1 Å². The number of carbonyl (C=O) groups is 2. The van der Waals surface area contributed by atoms with E-state index in [0.717, 1.165) is 9.37 Å². The maximum atomic E-state index is 12.5. The summed E-state index contributed by atoms with van der Waals surface area (Å²) >= 11 is 10.6. The molecule has 3 nitrogen and oxygen atoms in total. The van der Waals surface area contributed by atoms with Gasteiger partial charge in [0.05, 0.1) is 10.9 Å². The number of carbonyl (C=O) groups excluding carboxylic acids is 2. The number of anilines is 1. The van der Waals surface area contributed by atoms with Crippen molar-refractivity contribution in [3.63, 3.8) is 0 Å². The van der Waals surface area contributed by atoms with E-state index in [1.807, 2.05) is 24.3 Å². The van der Waals surface area contributed by atoms with Gasteiger partial charge in [-0.05, 0) is 48.5 Å². The van der Waals surface area contributed by atoms with Crippen LogP contribution in [0.2, 0.25) is 5.02 Å². The second-order valence-corrected chi connectivity index (χ2v) is 7.44. The summed E-state index contributed by atoms with van der Waals surface area (Å²) in [5, 5.41) is 0.256. The lowest BCUT2D eigenvalue weighted by atomic mass is 10.3. The minimum atomic E-state index is -0.391. The summed E-state index contributed by atoms with van der Waals surface area (Å²) in [4.78, 5) is 26.9. The molecule has 22 heavy (non-hydrogen) atoms. The SMILES string of the molecule is O=C1CC(Sc2ccc(Cl)cc2)C(=O)N1c1ccc(Br)cc1. The lowest BCUT2D eigenvalue weighted by Gasteiger charge is -2.15. The molecule has 0 aliphatic carbocycles. The van der Waals surface area contributed by atoms with Crippen LogP contribution in [0.5, 0.6) is 0 Å². The Morgan fingerprint density at radius 3 is 2.32 bits per heavy atom. The molecular formula is C16H11BrClNO2S. The van der Waals surface area contributed by atoms with Crippen molar-refractivity contribution in [2.45, 2.75) is 16.6 Å². The molecule has 3 rings (SSSR count). The lowest BCUT2D eigenvalue weighted by molar-refractivity contribution is -0.121. The molecule has 1 aliphatic rings. The number of nitrogens with zero attached hydrogens (tertiary/aromatic N) is 1. The number of thioether (sulfide) groups is 1. The smallest absolute Gasteiger partial charge is 0.247 e. The van der Waals surface area contributed by atoms with E-state index in [9.17, 15) is 9.59 Å². The Morgan fingerprint density at radius 1 is 1.05 bits per heavy atom. The highest BCUT2D eigenvalue weighted by atomic mass is 79.9. The highest BCUT2D eigenvalue weighted by Crippen LogP contribution is 2.34. The van der Waals surface area contributed by atoms with E-state index in [4.69, 9.17) is 11.6 Å². The number of halogens is 2. The third-order valence-electron chi connectivity index (χ3n) is 3.28. The third-order valence-corrected chi connectivity index (χ3v) is 5.26. The van der Waals surface area contributed by atoms with E-state index >= 15 is 0 Å². The fraction of sp³-hybridized carbons (Fsp3) is 0.125. The first-order valence-corrected chi connectivity index (χ1v) is 8.64. The van der Waals surface area contributed by atoms with Crippen LogP contribution >= 0.6 is 39.3 Å². The van der Waals surface area contributed by atoms with Gasteiger partial charge in [-0.3, -0.25) is 9.59 Å². The fourth-order valence-corrected chi connectivity index (χ4v) is 3.68.